The summed E-state index contributed by atoms with van der Waals surface area (Å²) in [5.74, 6) is -2.00. The minimum absolute atomic E-state index is 0.239. The Morgan fingerprint density at radius 1 is 1.05 bits per heavy atom. The molecule has 6 heteroatoms. The van der Waals surface area contributed by atoms with Crippen LogP contribution >= 0.6 is 0 Å². The van der Waals surface area contributed by atoms with E-state index in [-0.39, 0.29) is 24.3 Å². The molecule has 0 bridgehead atoms. The standard InChI is InChI=1S/C12H14O4.C3H4O2/c1-3-15-11(13)9-7-5-6-8-10(9)12(14)16-4-2;1-2-3(4)5/h5-8H,3-4H2,1-2H3;2H,1H2,(H,4,5). The van der Waals surface area contributed by atoms with Gasteiger partial charge >= 0.3 is 17.9 Å². The second kappa shape index (κ2) is 10.2. The van der Waals surface area contributed by atoms with E-state index >= 15 is 0 Å². The molecule has 0 unspecified atom stereocenters. The summed E-state index contributed by atoms with van der Waals surface area (Å²) in [6.07, 6.45) is 0.833. The molecule has 0 fully saturated rings. The van der Waals surface area contributed by atoms with Crippen LogP contribution in [0.2, 0.25) is 0 Å². The zero-order valence-corrected chi connectivity index (χ0v) is 12.0. The summed E-state index contributed by atoms with van der Waals surface area (Å²) in [5.41, 5.74) is 0.477. The van der Waals surface area contributed by atoms with Gasteiger partial charge in [-0.2, -0.15) is 0 Å². The van der Waals surface area contributed by atoms with Crippen molar-refractivity contribution in [1.82, 2.24) is 0 Å². The van der Waals surface area contributed by atoms with Crippen molar-refractivity contribution < 1.29 is 29.0 Å². The van der Waals surface area contributed by atoms with Gasteiger partial charge in [-0.25, -0.2) is 14.4 Å². The second-order valence-electron chi connectivity index (χ2n) is 3.53. The predicted octanol–water partition coefficient (Wildman–Crippen LogP) is 2.30. The van der Waals surface area contributed by atoms with E-state index in [1.54, 1.807) is 38.1 Å². The summed E-state index contributed by atoms with van der Waals surface area (Å²) in [4.78, 5) is 32.3. The third-order valence-electron chi connectivity index (χ3n) is 2.09. The molecule has 1 rings (SSSR count). The van der Waals surface area contributed by atoms with Crippen molar-refractivity contribution in [2.75, 3.05) is 13.2 Å². The van der Waals surface area contributed by atoms with Crippen LogP contribution in [0.3, 0.4) is 0 Å². The quantitative estimate of drug-likeness (QED) is 0.662. The van der Waals surface area contributed by atoms with E-state index in [1.165, 1.54) is 0 Å². The molecule has 1 aromatic carbocycles. The number of carbonyl (C=O) groups excluding carboxylic acids is 2. The Morgan fingerprint density at radius 2 is 1.38 bits per heavy atom. The fourth-order valence-corrected chi connectivity index (χ4v) is 1.26. The van der Waals surface area contributed by atoms with Crippen LogP contribution in [0.15, 0.2) is 36.9 Å². The van der Waals surface area contributed by atoms with Crippen molar-refractivity contribution in [3.8, 4) is 0 Å². The minimum atomic E-state index is -0.981. The van der Waals surface area contributed by atoms with Gasteiger partial charge in [-0.15, -0.1) is 0 Å². The van der Waals surface area contributed by atoms with Crippen molar-refractivity contribution in [3.05, 3.63) is 48.0 Å². The molecule has 6 nitrogen and oxygen atoms in total. The molecule has 1 N–H and O–H groups in total. The number of hydrogen-bond donors (Lipinski definition) is 1. The van der Waals surface area contributed by atoms with E-state index < -0.39 is 17.9 Å². The zero-order chi connectivity index (χ0) is 16.3. The lowest BCUT2D eigenvalue weighted by Crippen LogP contribution is -2.13. The fourth-order valence-electron chi connectivity index (χ4n) is 1.26. The van der Waals surface area contributed by atoms with Gasteiger partial charge in [-0.05, 0) is 26.0 Å². The van der Waals surface area contributed by atoms with Gasteiger partial charge in [-0.3, -0.25) is 0 Å². The van der Waals surface area contributed by atoms with E-state index in [2.05, 4.69) is 6.58 Å². The molecule has 0 aliphatic rings. The van der Waals surface area contributed by atoms with Crippen LogP contribution < -0.4 is 0 Å². The summed E-state index contributed by atoms with van der Waals surface area (Å²) in [6.45, 7) is 6.93. The number of carbonyl (C=O) groups is 3. The normalized spacial score (nSPS) is 8.86. The molecule has 0 radical (unpaired) electrons. The highest BCUT2D eigenvalue weighted by atomic mass is 16.5. The van der Waals surface area contributed by atoms with Gasteiger partial charge < -0.3 is 14.6 Å². The second-order valence-corrected chi connectivity index (χ2v) is 3.53. The number of hydrogen-bond acceptors (Lipinski definition) is 5. The Kier molecular flexibility index (Phi) is 8.92. The maximum atomic E-state index is 11.5. The van der Waals surface area contributed by atoms with Crippen LogP contribution in [0.25, 0.3) is 0 Å². The predicted molar refractivity (Wildman–Crippen MR) is 76.2 cm³/mol. The number of ether oxygens (including phenoxy) is 2. The van der Waals surface area contributed by atoms with E-state index in [0.29, 0.717) is 0 Å². The van der Waals surface area contributed by atoms with Gasteiger partial charge in [0.2, 0.25) is 0 Å². The first-order valence-electron chi connectivity index (χ1n) is 6.26. The lowest BCUT2D eigenvalue weighted by atomic mass is 10.1. The summed E-state index contributed by atoms with van der Waals surface area (Å²) in [5, 5.41) is 7.60. The lowest BCUT2D eigenvalue weighted by Gasteiger charge is -2.07. The Labute approximate surface area is 123 Å². The number of aliphatic carboxylic acids is 1. The monoisotopic (exact) mass is 294 g/mol. The van der Waals surface area contributed by atoms with Crippen LogP contribution in [-0.4, -0.2) is 36.2 Å². The topological polar surface area (TPSA) is 89.9 Å². The molecule has 0 spiro atoms. The maximum Gasteiger partial charge on any atom is 0.338 e. The number of carboxylic acids is 1. The first kappa shape index (κ1) is 18.4. The van der Waals surface area contributed by atoms with Gasteiger partial charge in [0.15, 0.2) is 0 Å². The van der Waals surface area contributed by atoms with Gasteiger partial charge in [0.1, 0.15) is 0 Å². The van der Waals surface area contributed by atoms with Crippen molar-refractivity contribution in [2.24, 2.45) is 0 Å². The fraction of sp³-hybridized carbons (Fsp3) is 0.267. The summed E-state index contributed by atoms with van der Waals surface area (Å²) < 4.78 is 9.70. The average Bonchev–Trinajstić information content (AvgIpc) is 2.48. The molecule has 0 saturated carbocycles. The third kappa shape index (κ3) is 6.91. The van der Waals surface area contributed by atoms with Crippen molar-refractivity contribution in [3.63, 3.8) is 0 Å². The lowest BCUT2D eigenvalue weighted by molar-refractivity contribution is -0.131. The molecule has 0 aliphatic carbocycles. The van der Waals surface area contributed by atoms with Crippen LogP contribution in [0.5, 0.6) is 0 Å². The van der Waals surface area contributed by atoms with Crippen molar-refractivity contribution in [1.29, 1.82) is 0 Å². The molecule has 21 heavy (non-hydrogen) atoms. The number of carboxylic acid groups (broad SMARTS) is 1. The minimum Gasteiger partial charge on any atom is -0.478 e. The smallest absolute Gasteiger partial charge is 0.338 e. The van der Waals surface area contributed by atoms with E-state index in [0.717, 1.165) is 6.08 Å². The van der Waals surface area contributed by atoms with Crippen LogP contribution in [0, 0.1) is 0 Å². The van der Waals surface area contributed by atoms with Gasteiger partial charge in [0, 0.05) is 6.08 Å². The highest BCUT2D eigenvalue weighted by Gasteiger charge is 2.17. The highest BCUT2D eigenvalue weighted by Crippen LogP contribution is 2.11. The zero-order valence-electron chi connectivity index (χ0n) is 12.0. The van der Waals surface area contributed by atoms with Gasteiger partial charge in [-0.1, -0.05) is 18.7 Å². The first-order valence-corrected chi connectivity index (χ1v) is 6.26. The Bertz CT molecular complexity index is 470. The van der Waals surface area contributed by atoms with Crippen molar-refractivity contribution >= 4 is 17.9 Å². The molecular weight excluding hydrogens is 276 g/mol. The number of rotatable bonds is 5. The molecule has 0 atom stereocenters. The van der Waals surface area contributed by atoms with Crippen LogP contribution in [0.4, 0.5) is 0 Å². The largest absolute Gasteiger partial charge is 0.478 e. The first-order chi connectivity index (χ1) is 9.97. The number of benzene rings is 1. The highest BCUT2D eigenvalue weighted by molar-refractivity contribution is 6.03. The van der Waals surface area contributed by atoms with E-state index in [9.17, 15) is 14.4 Å². The van der Waals surface area contributed by atoms with E-state index in [4.69, 9.17) is 14.6 Å². The van der Waals surface area contributed by atoms with Crippen molar-refractivity contribution in [2.45, 2.75) is 13.8 Å². The van der Waals surface area contributed by atoms with E-state index in [1.807, 2.05) is 0 Å². The Balaban J connectivity index is 0.000000690. The molecule has 0 saturated heterocycles. The molecule has 1 aromatic rings. The summed E-state index contributed by atoms with van der Waals surface area (Å²) in [6, 6.07) is 6.44. The molecule has 0 aromatic heterocycles. The SMILES string of the molecule is C=CC(=O)O.CCOC(=O)c1ccccc1C(=O)OCC. The van der Waals surface area contributed by atoms with Crippen LogP contribution in [0.1, 0.15) is 34.6 Å². The molecule has 0 heterocycles. The van der Waals surface area contributed by atoms with Gasteiger partial charge in [0.05, 0.1) is 24.3 Å². The Morgan fingerprint density at radius 3 is 1.62 bits per heavy atom. The van der Waals surface area contributed by atoms with Crippen LogP contribution in [-0.2, 0) is 14.3 Å². The summed E-state index contributed by atoms with van der Waals surface area (Å²) >= 11 is 0. The average molecular weight is 294 g/mol. The third-order valence-corrected chi connectivity index (χ3v) is 2.09. The molecule has 114 valence electrons. The molecule has 0 aliphatic heterocycles. The Hall–Kier alpha value is -2.63. The molecular formula is C15H18O6. The number of esters is 2. The molecule has 0 amide bonds. The maximum absolute atomic E-state index is 11.5. The summed E-state index contributed by atoms with van der Waals surface area (Å²) in [7, 11) is 0. The van der Waals surface area contributed by atoms with Gasteiger partial charge in [0.25, 0.3) is 0 Å².